The van der Waals surface area contributed by atoms with Crippen LogP contribution >= 0.6 is 0 Å². The van der Waals surface area contributed by atoms with Crippen molar-refractivity contribution in [3.63, 3.8) is 0 Å². The summed E-state index contributed by atoms with van der Waals surface area (Å²) in [7, 11) is 1.71. The first-order chi connectivity index (χ1) is 15.1. The van der Waals surface area contributed by atoms with E-state index in [1.807, 2.05) is 25.1 Å². The van der Waals surface area contributed by atoms with Crippen molar-refractivity contribution in [2.45, 2.75) is 32.7 Å². The summed E-state index contributed by atoms with van der Waals surface area (Å²) in [5.41, 5.74) is 1.96. The van der Waals surface area contributed by atoms with Gasteiger partial charge in [0.1, 0.15) is 5.75 Å². The van der Waals surface area contributed by atoms with Crippen LogP contribution in [0.3, 0.4) is 0 Å². The lowest BCUT2D eigenvalue weighted by atomic mass is 10.2. The second kappa shape index (κ2) is 11.3. The van der Waals surface area contributed by atoms with E-state index in [1.54, 1.807) is 13.2 Å². The molecule has 3 N–H and O–H groups in total. The van der Waals surface area contributed by atoms with Gasteiger partial charge in [0.2, 0.25) is 0 Å². The van der Waals surface area contributed by atoms with E-state index >= 15 is 0 Å². The first-order valence-electron chi connectivity index (χ1n) is 10.9. The molecule has 31 heavy (non-hydrogen) atoms. The average molecular weight is 428 g/mol. The SMILES string of the molecule is CCNC(=NCCCNC(=O)c1occc1C)NC1CCN(c2ccccc2OC)C1. The third kappa shape index (κ3) is 6.16. The van der Waals surface area contributed by atoms with Crippen LogP contribution in [0.4, 0.5) is 5.69 Å². The fourth-order valence-corrected chi connectivity index (χ4v) is 3.66. The summed E-state index contributed by atoms with van der Waals surface area (Å²) in [4.78, 5) is 19.1. The Labute approximate surface area is 184 Å². The van der Waals surface area contributed by atoms with Crippen molar-refractivity contribution in [3.8, 4) is 5.75 Å². The van der Waals surface area contributed by atoms with Crippen molar-refractivity contribution in [2.24, 2.45) is 4.99 Å². The first kappa shape index (κ1) is 22.5. The lowest BCUT2D eigenvalue weighted by Gasteiger charge is -2.22. The number of hydrogen-bond acceptors (Lipinski definition) is 5. The highest BCUT2D eigenvalue weighted by atomic mass is 16.5. The van der Waals surface area contributed by atoms with Crippen molar-refractivity contribution in [3.05, 3.63) is 47.9 Å². The number of aliphatic imine (C=N–C) groups is 1. The van der Waals surface area contributed by atoms with Gasteiger partial charge in [-0.05, 0) is 44.9 Å². The van der Waals surface area contributed by atoms with E-state index in [9.17, 15) is 4.79 Å². The molecular formula is C23H33N5O3. The molecule has 0 saturated carbocycles. The Hall–Kier alpha value is -3.16. The molecule has 1 saturated heterocycles. The maximum Gasteiger partial charge on any atom is 0.287 e. The molecule has 0 radical (unpaired) electrons. The molecular weight excluding hydrogens is 394 g/mol. The molecule has 0 bridgehead atoms. The average Bonchev–Trinajstić information content (AvgIpc) is 3.42. The van der Waals surface area contributed by atoms with Crippen molar-refractivity contribution < 1.29 is 13.9 Å². The van der Waals surface area contributed by atoms with Crippen LogP contribution < -0.4 is 25.6 Å². The fraction of sp³-hybridized carbons (Fsp3) is 0.478. The molecule has 1 aliphatic rings. The van der Waals surface area contributed by atoms with Crippen LogP contribution in [-0.2, 0) is 0 Å². The summed E-state index contributed by atoms with van der Waals surface area (Å²) < 4.78 is 10.7. The number of amides is 1. The van der Waals surface area contributed by atoms with Crippen molar-refractivity contribution in [1.29, 1.82) is 0 Å². The zero-order chi connectivity index (χ0) is 22.1. The minimum atomic E-state index is -0.182. The van der Waals surface area contributed by atoms with Crippen molar-refractivity contribution in [1.82, 2.24) is 16.0 Å². The number of nitrogens with zero attached hydrogens (tertiary/aromatic N) is 2. The number of anilines is 1. The summed E-state index contributed by atoms with van der Waals surface area (Å²) in [6.07, 6.45) is 3.31. The second-order valence-electron chi connectivity index (χ2n) is 7.55. The maximum absolute atomic E-state index is 12.1. The number of furan rings is 1. The molecule has 1 fully saturated rings. The standard InChI is InChI=1S/C23H33N5O3/c1-4-24-23(26-13-7-12-25-22(29)21-17(2)11-15-31-21)27-18-10-14-28(16-18)19-8-5-6-9-20(19)30-3/h5-6,8-9,11,15,18H,4,7,10,12-14,16H2,1-3H3,(H,25,29)(H2,24,26,27). The van der Waals surface area contributed by atoms with Gasteiger partial charge in [0, 0.05) is 44.3 Å². The number of para-hydroxylation sites is 2. The number of rotatable bonds is 9. The molecule has 2 heterocycles. The molecule has 8 nitrogen and oxygen atoms in total. The zero-order valence-corrected chi connectivity index (χ0v) is 18.6. The predicted molar refractivity (Wildman–Crippen MR) is 123 cm³/mol. The summed E-state index contributed by atoms with van der Waals surface area (Å²) in [5, 5.41) is 9.73. The largest absolute Gasteiger partial charge is 0.495 e. The van der Waals surface area contributed by atoms with E-state index in [4.69, 9.17) is 9.15 Å². The minimum absolute atomic E-state index is 0.182. The number of carbonyl (C=O) groups excluding carboxylic acids is 1. The highest BCUT2D eigenvalue weighted by Crippen LogP contribution is 2.30. The van der Waals surface area contributed by atoms with E-state index in [0.29, 0.717) is 24.9 Å². The number of nitrogens with one attached hydrogen (secondary N) is 3. The van der Waals surface area contributed by atoms with Gasteiger partial charge in [0.25, 0.3) is 5.91 Å². The number of methoxy groups -OCH3 is 1. The van der Waals surface area contributed by atoms with Crippen LogP contribution in [-0.4, -0.2) is 57.7 Å². The lowest BCUT2D eigenvalue weighted by molar-refractivity contribution is 0.0925. The van der Waals surface area contributed by atoms with Gasteiger partial charge in [-0.2, -0.15) is 0 Å². The minimum Gasteiger partial charge on any atom is -0.495 e. The number of carbonyl (C=O) groups is 1. The summed E-state index contributed by atoms with van der Waals surface area (Å²) in [6.45, 7) is 7.73. The highest BCUT2D eigenvalue weighted by Gasteiger charge is 2.25. The van der Waals surface area contributed by atoms with Gasteiger partial charge in [0.05, 0.1) is 19.1 Å². The number of guanidine groups is 1. The summed E-state index contributed by atoms with van der Waals surface area (Å²) >= 11 is 0. The van der Waals surface area contributed by atoms with Gasteiger partial charge in [-0.15, -0.1) is 0 Å². The number of ether oxygens (including phenoxy) is 1. The van der Waals surface area contributed by atoms with E-state index in [1.165, 1.54) is 6.26 Å². The first-order valence-corrected chi connectivity index (χ1v) is 10.9. The predicted octanol–water partition coefficient (Wildman–Crippen LogP) is 2.55. The molecule has 1 aliphatic heterocycles. The van der Waals surface area contributed by atoms with Gasteiger partial charge in [-0.3, -0.25) is 9.79 Å². The van der Waals surface area contributed by atoms with E-state index < -0.39 is 0 Å². The third-order valence-electron chi connectivity index (χ3n) is 5.26. The summed E-state index contributed by atoms with van der Waals surface area (Å²) in [5.74, 6) is 1.90. The van der Waals surface area contributed by atoms with Gasteiger partial charge in [-0.25, -0.2) is 0 Å². The van der Waals surface area contributed by atoms with Gasteiger partial charge < -0.3 is 30.0 Å². The molecule has 0 aliphatic carbocycles. The quantitative estimate of drug-likeness (QED) is 0.324. The Morgan fingerprint density at radius 2 is 2.13 bits per heavy atom. The van der Waals surface area contributed by atoms with E-state index in [2.05, 4.69) is 38.8 Å². The van der Waals surface area contributed by atoms with Gasteiger partial charge in [-0.1, -0.05) is 12.1 Å². The van der Waals surface area contributed by atoms with E-state index in [0.717, 1.165) is 55.4 Å². The van der Waals surface area contributed by atoms with Crippen molar-refractivity contribution in [2.75, 3.05) is 44.7 Å². The van der Waals surface area contributed by atoms with Crippen molar-refractivity contribution >= 4 is 17.6 Å². The molecule has 3 rings (SSSR count). The molecule has 168 valence electrons. The normalized spacial score (nSPS) is 16.3. The maximum atomic E-state index is 12.1. The molecule has 1 amide bonds. The lowest BCUT2D eigenvalue weighted by Crippen LogP contribution is -2.44. The fourth-order valence-electron chi connectivity index (χ4n) is 3.66. The molecule has 1 unspecified atom stereocenters. The topological polar surface area (TPSA) is 91.1 Å². The Morgan fingerprint density at radius 3 is 2.87 bits per heavy atom. The van der Waals surface area contributed by atoms with Crippen LogP contribution in [0.5, 0.6) is 5.75 Å². The molecule has 0 spiro atoms. The highest BCUT2D eigenvalue weighted by molar-refractivity contribution is 5.92. The smallest absolute Gasteiger partial charge is 0.287 e. The Kier molecular flexibility index (Phi) is 8.20. The monoisotopic (exact) mass is 427 g/mol. The van der Waals surface area contributed by atoms with Gasteiger partial charge in [0.15, 0.2) is 11.7 Å². The number of aryl methyl sites for hydroxylation is 1. The molecule has 8 heteroatoms. The van der Waals surface area contributed by atoms with Crippen LogP contribution in [0.15, 0.2) is 46.0 Å². The van der Waals surface area contributed by atoms with Gasteiger partial charge >= 0.3 is 0 Å². The molecule has 1 aromatic carbocycles. The van der Waals surface area contributed by atoms with Crippen LogP contribution in [0.1, 0.15) is 35.9 Å². The Bertz CT molecular complexity index is 880. The zero-order valence-electron chi connectivity index (χ0n) is 18.6. The van der Waals surface area contributed by atoms with Crippen LogP contribution in [0.2, 0.25) is 0 Å². The van der Waals surface area contributed by atoms with E-state index in [-0.39, 0.29) is 5.91 Å². The Morgan fingerprint density at radius 1 is 1.29 bits per heavy atom. The summed E-state index contributed by atoms with van der Waals surface area (Å²) in [6, 6.07) is 10.2. The second-order valence-corrected chi connectivity index (χ2v) is 7.55. The molecule has 1 aromatic heterocycles. The number of hydrogen-bond donors (Lipinski definition) is 3. The van der Waals surface area contributed by atoms with Crippen LogP contribution in [0.25, 0.3) is 0 Å². The van der Waals surface area contributed by atoms with Crippen LogP contribution in [0, 0.1) is 6.92 Å². The molecule has 2 aromatic rings. The molecule has 1 atom stereocenters. The third-order valence-corrected chi connectivity index (χ3v) is 5.26. The number of benzene rings is 1. The Balaban J connectivity index is 1.45.